The van der Waals surface area contributed by atoms with Crippen LogP contribution in [0.1, 0.15) is 25.7 Å². The average Bonchev–Trinajstić information content (AvgIpc) is 2.04. The second-order valence-corrected chi connectivity index (χ2v) is 4.89. The maximum Gasteiger partial charge on any atom is 0.338 e. The van der Waals surface area contributed by atoms with Crippen LogP contribution in [0.5, 0.6) is 0 Å². The Labute approximate surface area is 72.8 Å². The molecule has 0 amide bonds. The molecule has 0 spiro atoms. The fraction of sp³-hybridized carbons (Fsp3) is 1.00. The minimum absolute atomic E-state index is 0.220. The first-order valence-electron chi connectivity index (χ1n) is 4.36. The summed E-state index contributed by atoms with van der Waals surface area (Å²) in [5, 5.41) is 0. The van der Waals surface area contributed by atoms with Gasteiger partial charge in [-0.15, -0.1) is 0 Å². The molecule has 12 heavy (non-hydrogen) atoms. The zero-order valence-corrected chi connectivity index (χ0v) is 7.72. The van der Waals surface area contributed by atoms with E-state index in [1.54, 1.807) is 0 Å². The number of piperidine rings is 1. The predicted molar refractivity (Wildman–Crippen MR) is 43.8 cm³/mol. The molecule has 2 heterocycles. The SMILES string of the molecule is O=S1(=O)OCCC2CCCCN21. The van der Waals surface area contributed by atoms with E-state index < -0.39 is 10.3 Å². The molecule has 70 valence electrons. The van der Waals surface area contributed by atoms with Crippen molar-refractivity contribution in [2.45, 2.75) is 31.7 Å². The highest BCUT2D eigenvalue weighted by atomic mass is 32.2. The molecule has 2 aliphatic heterocycles. The summed E-state index contributed by atoms with van der Waals surface area (Å²) >= 11 is 0. The number of nitrogens with zero attached hydrogens (tertiary/aromatic N) is 1. The predicted octanol–water partition coefficient (Wildman–Crippen LogP) is 0.506. The maximum atomic E-state index is 11.3. The van der Waals surface area contributed by atoms with Crippen molar-refractivity contribution in [3.63, 3.8) is 0 Å². The van der Waals surface area contributed by atoms with Gasteiger partial charge in [0.25, 0.3) is 0 Å². The molecule has 2 aliphatic rings. The summed E-state index contributed by atoms with van der Waals surface area (Å²) in [6.45, 7) is 1.01. The Morgan fingerprint density at radius 3 is 2.83 bits per heavy atom. The smallest absolute Gasteiger partial charge is 0.258 e. The molecular formula is C7H13NO3S. The third-order valence-corrected chi connectivity index (χ3v) is 4.06. The van der Waals surface area contributed by atoms with Gasteiger partial charge in [-0.05, 0) is 19.3 Å². The average molecular weight is 191 g/mol. The Hall–Kier alpha value is -0.130. The molecule has 0 aromatic heterocycles. The first-order valence-corrected chi connectivity index (χ1v) is 5.73. The monoisotopic (exact) mass is 191 g/mol. The van der Waals surface area contributed by atoms with Gasteiger partial charge in [-0.25, -0.2) is 0 Å². The van der Waals surface area contributed by atoms with E-state index in [2.05, 4.69) is 0 Å². The Bertz CT molecular complexity index is 260. The van der Waals surface area contributed by atoms with Crippen molar-refractivity contribution in [1.29, 1.82) is 0 Å². The van der Waals surface area contributed by atoms with Crippen molar-refractivity contribution in [2.24, 2.45) is 0 Å². The fourth-order valence-corrected chi connectivity index (χ4v) is 3.28. The van der Waals surface area contributed by atoms with Gasteiger partial charge in [0.05, 0.1) is 6.61 Å². The van der Waals surface area contributed by atoms with Crippen LogP contribution in [-0.2, 0) is 14.5 Å². The number of hydrogen-bond acceptors (Lipinski definition) is 3. The quantitative estimate of drug-likeness (QED) is 0.560. The number of hydrogen-bond donors (Lipinski definition) is 0. The Morgan fingerprint density at radius 2 is 2.08 bits per heavy atom. The van der Waals surface area contributed by atoms with Gasteiger partial charge in [-0.2, -0.15) is 12.7 Å². The minimum Gasteiger partial charge on any atom is -0.258 e. The lowest BCUT2D eigenvalue weighted by molar-refractivity contribution is 0.137. The summed E-state index contributed by atoms with van der Waals surface area (Å²) in [5.41, 5.74) is 0. The van der Waals surface area contributed by atoms with Crippen molar-refractivity contribution in [3.05, 3.63) is 0 Å². The standard InChI is InChI=1S/C7H13NO3S/c9-12(10)8-5-2-1-3-7(8)4-6-11-12/h7H,1-6H2. The third kappa shape index (κ3) is 1.36. The van der Waals surface area contributed by atoms with E-state index in [4.69, 9.17) is 4.18 Å². The summed E-state index contributed by atoms with van der Waals surface area (Å²) < 4.78 is 28.9. The zero-order chi connectivity index (χ0) is 8.60. The normalized spacial score (nSPS) is 35.8. The highest BCUT2D eigenvalue weighted by molar-refractivity contribution is 7.84. The third-order valence-electron chi connectivity index (χ3n) is 2.54. The molecule has 5 heteroatoms. The molecule has 0 aliphatic carbocycles. The van der Waals surface area contributed by atoms with Crippen LogP contribution >= 0.6 is 0 Å². The van der Waals surface area contributed by atoms with Gasteiger partial charge in [0.1, 0.15) is 0 Å². The molecule has 0 saturated carbocycles. The molecule has 0 N–H and O–H groups in total. The molecule has 1 atom stereocenters. The van der Waals surface area contributed by atoms with Gasteiger partial charge < -0.3 is 0 Å². The first kappa shape index (κ1) is 8.47. The van der Waals surface area contributed by atoms with Gasteiger partial charge in [-0.3, -0.25) is 4.18 Å². The van der Waals surface area contributed by atoms with Gasteiger partial charge in [0, 0.05) is 12.6 Å². The molecular weight excluding hydrogens is 178 g/mol. The lowest BCUT2D eigenvalue weighted by atomic mass is 10.0. The van der Waals surface area contributed by atoms with E-state index in [0.29, 0.717) is 13.2 Å². The van der Waals surface area contributed by atoms with E-state index in [9.17, 15) is 8.42 Å². The lowest BCUT2D eigenvalue weighted by Gasteiger charge is -2.37. The molecule has 0 bridgehead atoms. The molecule has 0 aromatic rings. The van der Waals surface area contributed by atoms with Crippen molar-refractivity contribution < 1.29 is 12.6 Å². The van der Waals surface area contributed by atoms with E-state index in [0.717, 1.165) is 25.7 Å². The second kappa shape index (κ2) is 2.97. The molecule has 2 fully saturated rings. The lowest BCUT2D eigenvalue weighted by Crippen LogP contribution is -2.48. The minimum atomic E-state index is -3.35. The highest BCUT2D eigenvalue weighted by Crippen LogP contribution is 2.26. The summed E-state index contributed by atoms with van der Waals surface area (Å²) in [6, 6.07) is 0.220. The van der Waals surface area contributed by atoms with E-state index in [-0.39, 0.29) is 6.04 Å². The number of rotatable bonds is 0. The van der Waals surface area contributed by atoms with Crippen LogP contribution in [0.25, 0.3) is 0 Å². The topological polar surface area (TPSA) is 46.6 Å². The van der Waals surface area contributed by atoms with Crippen LogP contribution in [-0.4, -0.2) is 31.9 Å². The van der Waals surface area contributed by atoms with Crippen molar-refractivity contribution in [1.82, 2.24) is 4.31 Å². The Kier molecular flexibility index (Phi) is 2.10. The highest BCUT2D eigenvalue weighted by Gasteiger charge is 2.36. The molecule has 0 aromatic carbocycles. The van der Waals surface area contributed by atoms with Crippen molar-refractivity contribution in [3.8, 4) is 0 Å². The molecule has 2 saturated heterocycles. The molecule has 1 unspecified atom stereocenters. The molecule has 4 nitrogen and oxygen atoms in total. The Morgan fingerprint density at radius 1 is 1.25 bits per heavy atom. The van der Waals surface area contributed by atoms with Crippen LogP contribution in [0.15, 0.2) is 0 Å². The van der Waals surface area contributed by atoms with Crippen LogP contribution < -0.4 is 0 Å². The Balaban J connectivity index is 2.20. The molecule has 0 radical (unpaired) electrons. The van der Waals surface area contributed by atoms with E-state index in [1.165, 1.54) is 4.31 Å². The first-order chi connectivity index (χ1) is 5.70. The van der Waals surface area contributed by atoms with Gasteiger partial charge in [0.2, 0.25) is 0 Å². The zero-order valence-electron chi connectivity index (χ0n) is 6.90. The summed E-state index contributed by atoms with van der Waals surface area (Å²) in [5.74, 6) is 0. The van der Waals surface area contributed by atoms with Crippen molar-refractivity contribution in [2.75, 3.05) is 13.2 Å². The fourth-order valence-electron chi connectivity index (χ4n) is 1.91. The van der Waals surface area contributed by atoms with Crippen LogP contribution in [0.3, 0.4) is 0 Å². The molecule has 2 rings (SSSR count). The number of fused-ring (bicyclic) bond motifs is 1. The van der Waals surface area contributed by atoms with Gasteiger partial charge in [0.15, 0.2) is 0 Å². The van der Waals surface area contributed by atoms with E-state index >= 15 is 0 Å². The summed E-state index contributed by atoms with van der Waals surface area (Å²) in [6.07, 6.45) is 3.98. The largest absolute Gasteiger partial charge is 0.338 e. The summed E-state index contributed by atoms with van der Waals surface area (Å²) in [7, 11) is -3.35. The van der Waals surface area contributed by atoms with Crippen LogP contribution in [0, 0.1) is 0 Å². The van der Waals surface area contributed by atoms with Gasteiger partial charge in [-0.1, -0.05) is 6.42 Å². The van der Waals surface area contributed by atoms with Gasteiger partial charge >= 0.3 is 10.3 Å². The van der Waals surface area contributed by atoms with E-state index in [1.807, 2.05) is 0 Å². The second-order valence-electron chi connectivity index (χ2n) is 3.33. The van der Waals surface area contributed by atoms with Crippen molar-refractivity contribution >= 4 is 10.3 Å². The summed E-state index contributed by atoms with van der Waals surface area (Å²) in [4.78, 5) is 0. The van der Waals surface area contributed by atoms with Crippen LogP contribution in [0.2, 0.25) is 0 Å². The van der Waals surface area contributed by atoms with Crippen LogP contribution in [0.4, 0.5) is 0 Å². The maximum absolute atomic E-state index is 11.3.